The van der Waals surface area contributed by atoms with Crippen molar-refractivity contribution in [2.45, 2.75) is 0 Å². The molecule has 0 amide bonds. The fourth-order valence-corrected chi connectivity index (χ4v) is 1.44. The van der Waals surface area contributed by atoms with E-state index in [0.29, 0.717) is 17.4 Å². The minimum Gasteiger partial charge on any atom is -0.481 e. The molecular formula is C10H11ClN6O. The summed E-state index contributed by atoms with van der Waals surface area (Å²) in [5, 5.41) is 3.05. The number of halogens is 1. The Morgan fingerprint density at radius 3 is 2.67 bits per heavy atom. The van der Waals surface area contributed by atoms with Crippen molar-refractivity contribution in [2.24, 2.45) is 0 Å². The molecule has 0 aliphatic heterocycles. The van der Waals surface area contributed by atoms with E-state index in [0.717, 1.165) is 0 Å². The van der Waals surface area contributed by atoms with Crippen LogP contribution in [0.5, 0.6) is 5.88 Å². The fourth-order valence-electron chi connectivity index (χ4n) is 1.27. The van der Waals surface area contributed by atoms with Crippen LogP contribution in [0.3, 0.4) is 0 Å². The van der Waals surface area contributed by atoms with Gasteiger partial charge < -0.3 is 21.5 Å². The zero-order valence-electron chi connectivity index (χ0n) is 9.51. The molecule has 0 saturated carbocycles. The van der Waals surface area contributed by atoms with Crippen molar-refractivity contribution < 1.29 is 4.74 Å². The largest absolute Gasteiger partial charge is 0.481 e. The van der Waals surface area contributed by atoms with Gasteiger partial charge in [0, 0.05) is 6.07 Å². The molecule has 0 spiro atoms. The minimum absolute atomic E-state index is 0.0400. The molecule has 0 fully saturated rings. The van der Waals surface area contributed by atoms with Crippen LogP contribution in [0.1, 0.15) is 0 Å². The van der Waals surface area contributed by atoms with Crippen LogP contribution in [0.4, 0.5) is 23.1 Å². The maximum Gasteiger partial charge on any atom is 0.223 e. The number of nitrogen functional groups attached to an aromatic ring is 2. The molecule has 0 aliphatic carbocycles. The van der Waals surface area contributed by atoms with Crippen molar-refractivity contribution in [2.75, 3.05) is 23.9 Å². The van der Waals surface area contributed by atoms with Crippen LogP contribution in [-0.4, -0.2) is 22.1 Å². The van der Waals surface area contributed by atoms with Gasteiger partial charge in [0.15, 0.2) is 11.0 Å². The third kappa shape index (κ3) is 2.51. The van der Waals surface area contributed by atoms with E-state index in [2.05, 4.69) is 20.3 Å². The molecule has 2 heterocycles. The molecule has 2 aromatic heterocycles. The van der Waals surface area contributed by atoms with E-state index in [-0.39, 0.29) is 16.8 Å². The van der Waals surface area contributed by atoms with Gasteiger partial charge in [-0.05, 0) is 6.07 Å². The molecule has 8 heteroatoms. The number of methoxy groups -OCH3 is 1. The van der Waals surface area contributed by atoms with Crippen LogP contribution < -0.4 is 21.5 Å². The second-order valence-electron chi connectivity index (χ2n) is 3.35. The Kier molecular flexibility index (Phi) is 3.33. The van der Waals surface area contributed by atoms with Gasteiger partial charge in [0.05, 0.1) is 19.0 Å². The number of hydrogen-bond acceptors (Lipinski definition) is 7. The molecule has 0 aromatic carbocycles. The molecule has 0 unspecified atom stereocenters. The minimum atomic E-state index is 0.0400. The van der Waals surface area contributed by atoms with Crippen LogP contribution in [0.25, 0.3) is 0 Å². The first-order valence-electron chi connectivity index (χ1n) is 4.95. The van der Waals surface area contributed by atoms with E-state index >= 15 is 0 Å². The van der Waals surface area contributed by atoms with Crippen molar-refractivity contribution >= 4 is 34.7 Å². The molecule has 0 bridgehead atoms. The van der Waals surface area contributed by atoms with E-state index < -0.39 is 0 Å². The summed E-state index contributed by atoms with van der Waals surface area (Å²) in [7, 11) is 1.54. The third-order valence-corrected chi connectivity index (χ3v) is 2.41. The zero-order valence-corrected chi connectivity index (χ0v) is 10.3. The van der Waals surface area contributed by atoms with Crippen LogP contribution in [0.15, 0.2) is 18.3 Å². The monoisotopic (exact) mass is 266 g/mol. The van der Waals surface area contributed by atoms with Crippen LogP contribution >= 0.6 is 11.6 Å². The van der Waals surface area contributed by atoms with Gasteiger partial charge in [-0.15, -0.1) is 0 Å². The maximum atomic E-state index is 5.80. The van der Waals surface area contributed by atoms with E-state index in [4.69, 9.17) is 27.8 Å². The number of rotatable bonds is 3. The van der Waals surface area contributed by atoms with Crippen molar-refractivity contribution in [1.82, 2.24) is 15.0 Å². The number of aromatic nitrogens is 3. The second kappa shape index (κ2) is 4.92. The Balaban J connectivity index is 2.27. The van der Waals surface area contributed by atoms with Crippen LogP contribution in [0, 0.1) is 0 Å². The number of anilines is 4. The van der Waals surface area contributed by atoms with E-state index in [1.165, 1.54) is 7.11 Å². The van der Waals surface area contributed by atoms with Crippen molar-refractivity contribution in [3.8, 4) is 5.88 Å². The predicted molar refractivity (Wildman–Crippen MR) is 69.9 cm³/mol. The summed E-state index contributed by atoms with van der Waals surface area (Å²) in [5.41, 5.74) is 12.1. The molecule has 0 saturated heterocycles. The Morgan fingerprint density at radius 1 is 1.28 bits per heavy atom. The number of hydrogen-bond donors (Lipinski definition) is 3. The average molecular weight is 267 g/mol. The standard InChI is InChI=1S/C10H11ClN6O/c1-18-6-3-2-5(4-14-6)15-9-7(12)8(11)16-10(13)17-9/h2-4H,12H2,1H3,(H3,13,15,16,17). The maximum absolute atomic E-state index is 5.80. The highest BCUT2D eigenvalue weighted by Gasteiger charge is 2.09. The Bertz CT molecular complexity index is 559. The molecule has 94 valence electrons. The van der Waals surface area contributed by atoms with Crippen molar-refractivity contribution in [3.63, 3.8) is 0 Å². The lowest BCUT2D eigenvalue weighted by atomic mass is 10.4. The summed E-state index contributed by atoms with van der Waals surface area (Å²) in [6.07, 6.45) is 1.57. The first-order chi connectivity index (χ1) is 8.60. The van der Waals surface area contributed by atoms with Crippen molar-refractivity contribution in [1.29, 1.82) is 0 Å². The summed E-state index contributed by atoms with van der Waals surface area (Å²) in [5.74, 6) is 0.881. The molecular weight excluding hydrogens is 256 g/mol. The van der Waals surface area contributed by atoms with Gasteiger partial charge in [-0.1, -0.05) is 11.6 Å². The topological polar surface area (TPSA) is 112 Å². The number of pyridine rings is 1. The Morgan fingerprint density at radius 2 is 2.06 bits per heavy atom. The highest BCUT2D eigenvalue weighted by Crippen LogP contribution is 2.27. The summed E-state index contributed by atoms with van der Waals surface area (Å²) < 4.78 is 4.95. The summed E-state index contributed by atoms with van der Waals surface area (Å²) in [6, 6.07) is 3.46. The molecule has 2 aromatic rings. The average Bonchev–Trinajstić information content (AvgIpc) is 2.36. The highest BCUT2D eigenvalue weighted by atomic mass is 35.5. The molecule has 18 heavy (non-hydrogen) atoms. The summed E-state index contributed by atoms with van der Waals surface area (Å²) in [6.45, 7) is 0. The van der Waals surface area contributed by atoms with E-state index in [1.54, 1.807) is 18.3 Å². The number of nitrogens with one attached hydrogen (secondary N) is 1. The SMILES string of the molecule is COc1ccc(Nc2nc(N)nc(Cl)c2N)cn1. The predicted octanol–water partition coefficient (Wildman–Crippen LogP) is 1.44. The zero-order chi connectivity index (χ0) is 13.1. The van der Waals surface area contributed by atoms with Gasteiger partial charge >= 0.3 is 0 Å². The first kappa shape index (κ1) is 12.2. The van der Waals surface area contributed by atoms with Crippen LogP contribution in [-0.2, 0) is 0 Å². The molecule has 0 radical (unpaired) electrons. The summed E-state index contributed by atoms with van der Waals surface area (Å²) >= 11 is 5.80. The van der Waals surface area contributed by atoms with Crippen molar-refractivity contribution in [3.05, 3.63) is 23.5 Å². The van der Waals surface area contributed by atoms with Gasteiger partial charge in [-0.3, -0.25) is 0 Å². The normalized spacial score (nSPS) is 10.1. The van der Waals surface area contributed by atoms with E-state index in [9.17, 15) is 0 Å². The van der Waals surface area contributed by atoms with Gasteiger partial charge in [-0.25, -0.2) is 4.98 Å². The fraction of sp³-hybridized carbons (Fsp3) is 0.100. The van der Waals surface area contributed by atoms with Crippen LogP contribution in [0.2, 0.25) is 5.15 Å². The number of nitrogens with zero attached hydrogens (tertiary/aromatic N) is 3. The smallest absolute Gasteiger partial charge is 0.223 e. The highest BCUT2D eigenvalue weighted by molar-refractivity contribution is 6.32. The van der Waals surface area contributed by atoms with Gasteiger partial charge in [-0.2, -0.15) is 9.97 Å². The lowest BCUT2D eigenvalue weighted by Gasteiger charge is -2.09. The van der Waals surface area contributed by atoms with Gasteiger partial charge in [0.1, 0.15) is 5.69 Å². The summed E-state index contributed by atoms with van der Waals surface area (Å²) in [4.78, 5) is 11.7. The number of nitrogens with two attached hydrogens (primary N) is 2. The second-order valence-corrected chi connectivity index (χ2v) is 3.71. The quantitative estimate of drug-likeness (QED) is 0.721. The molecule has 5 N–H and O–H groups in total. The molecule has 2 rings (SSSR count). The lowest BCUT2D eigenvalue weighted by molar-refractivity contribution is 0.398. The lowest BCUT2D eigenvalue weighted by Crippen LogP contribution is -2.05. The first-order valence-corrected chi connectivity index (χ1v) is 5.33. The van der Waals surface area contributed by atoms with Gasteiger partial charge in [0.2, 0.25) is 11.8 Å². The van der Waals surface area contributed by atoms with Gasteiger partial charge in [0.25, 0.3) is 0 Å². The Hall–Kier alpha value is -2.28. The molecule has 0 atom stereocenters. The number of ether oxygens (including phenoxy) is 1. The molecule has 0 aliphatic rings. The van der Waals surface area contributed by atoms with E-state index in [1.807, 2.05) is 0 Å². The third-order valence-electron chi connectivity index (χ3n) is 2.12. The Labute approximate surface area is 108 Å². The molecule has 7 nitrogen and oxygen atoms in total.